The fourth-order valence-corrected chi connectivity index (χ4v) is 2.85. The highest BCUT2D eigenvalue weighted by atomic mass is 32.2. The SMILES string of the molecule is CCN(C)CCn1c(SCC(=O)O)nc2ccc(C)cc21. The van der Waals surface area contributed by atoms with E-state index in [0.29, 0.717) is 0 Å². The average molecular weight is 307 g/mol. The fourth-order valence-electron chi connectivity index (χ4n) is 2.09. The van der Waals surface area contributed by atoms with Crippen LogP contribution in [0.15, 0.2) is 23.4 Å². The van der Waals surface area contributed by atoms with Gasteiger partial charge in [-0.05, 0) is 38.2 Å². The first-order valence-corrected chi connectivity index (χ1v) is 8.00. The molecular weight excluding hydrogens is 286 g/mol. The Kier molecular flexibility index (Phi) is 5.25. The second-order valence-electron chi connectivity index (χ2n) is 5.12. The molecule has 0 aliphatic rings. The van der Waals surface area contributed by atoms with E-state index >= 15 is 0 Å². The number of likely N-dealkylation sites (N-methyl/N-ethyl adjacent to an activating group) is 1. The Morgan fingerprint density at radius 1 is 1.48 bits per heavy atom. The summed E-state index contributed by atoms with van der Waals surface area (Å²) < 4.78 is 2.13. The molecule has 0 bridgehead atoms. The van der Waals surface area contributed by atoms with Crippen LogP contribution in [0.5, 0.6) is 0 Å². The lowest BCUT2D eigenvalue weighted by atomic mass is 10.2. The Labute approximate surface area is 129 Å². The Morgan fingerprint density at radius 3 is 2.90 bits per heavy atom. The third kappa shape index (κ3) is 3.98. The van der Waals surface area contributed by atoms with Crippen LogP contribution in [-0.2, 0) is 11.3 Å². The molecule has 2 aromatic rings. The standard InChI is InChI=1S/C15H21N3O2S/c1-4-17(3)7-8-18-13-9-11(2)5-6-12(13)16-15(18)21-10-14(19)20/h5-6,9H,4,7-8,10H2,1-3H3,(H,19,20). The molecular formula is C15H21N3O2S. The van der Waals surface area contributed by atoms with E-state index in [1.54, 1.807) is 0 Å². The number of aryl methyl sites for hydroxylation is 1. The van der Waals surface area contributed by atoms with Crippen molar-refractivity contribution in [3.8, 4) is 0 Å². The van der Waals surface area contributed by atoms with Crippen LogP contribution in [0.25, 0.3) is 11.0 Å². The van der Waals surface area contributed by atoms with Crippen LogP contribution in [0.4, 0.5) is 0 Å². The summed E-state index contributed by atoms with van der Waals surface area (Å²) in [5.41, 5.74) is 3.18. The Bertz CT molecular complexity index is 639. The van der Waals surface area contributed by atoms with Crippen LogP contribution >= 0.6 is 11.8 Å². The first-order chi connectivity index (χ1) is 10.0. The molecule has 2 rings (SSSR count). The number of imidazole rings is 1. The summed E-state index contributed by atoms with van der Waals surface area (Å²) in [6.07, 6.45) is 0. The molecule has 0 saturated carbocycles. The minimum Gasteiger partial charge on any atom is -0.481 e. The van der Waals surface area contributed by atoms with E-state index in [2.05, 4.69) is 41.4 Å². The van der Waals surface area contributed by atoms with Gasteiger partial charge in [-0.15, -0.1) is 0 Å². The Morgan fingerprint density at radius 2 is 2.24 bits per heavy atom. The molecule has 0 spiro atoms. The highest BCUT2D eigenvalue weighted by Crippen LogP contribution is 2.25. The highest BCUT2D eigenvalue weighted by molar-refractivity contribution is 7.99. The molecule has 0 amide bonds. The molecule has 0 atom stereocenters. The van der Waals surface area contributed by atoms with Gasteiger partial charge in [0.1, 0.15) is 0 Å². The lowest BCUT2D eigenvalue weighted by Crippen LogP contribution is -2.23. The molecule has 0 unspecified atom stereocenters. The van der Waals surface area contributed by atoms with Crippen molar-refractivity contribution in [2.45, 2.75) is 25.5 Å². The number of carboxylic acid groups (broad SMARTS) is 1. The maximum atomic E-state index is 10.8. The van der Waals surface area contributed by atoms with E-state index in [0.717, 1.165) is 35.8 Å². The molecule has 5 nitrogen and oxygen atoms in total. The number of aromatic nitrogens is 2. The predicted molar refractivity (Wildman–Crippen MR) is 86.0 cm³/mol. The Hall–Kier alpha value is -1.53. The molecule has 0 fully saturated rings. The van der Waals surface area contributed by atoms with Gasteiger partial charge in [-0.25, -0.2) is 4.98 Å². The van der Waals surface area contributed by atoms with Crippen LogP contribution in [0.2, 0.25) is 0 Å². The van der Waals surface area contributed by atoms with Gasteiger partial charge in [0.25, 0.3) is 0 Å². The number of hydrogen-bond acceptors (Lipinski definition) is 4. The van der Waals surface area contributed by atoms with Gasteiger partial charge in [0.05, 0.1) is 16.8 Å². The normalized spacial score (nSPS) is 11.4. The smallest absolute Gasteiger partial charge is 0.313 e. The molecule has 1 N–H and O–H groups in total. The summed E-state index contributed by atoms with van der Waals surface area (Å²) in [4.78, 5) is 17.6. The number of thioether (sulfide) groups is 1. The maximum Gasteiger partial charge on any atom is 0.313 e. The van der Waals surface area contributed by atoms with Crippen LogP contribution in [0.3, 0.4) is 0 Å². The summed E-state index contributed by atoms with van der Waals surface area (Å²) >= 11 is 1.28. The number of fused-ring (bicyclic) bond motifs is 1. The zero-order valence-corrected chi connectivity index (χ0v) is 13.5. The van der Waals surface area contributed by atoms with Crippen LogP contribution < -0.4 is 0 Å². The van der Waals surface area contributed by atoms with Crippen molar-refractivity contribution in [3.63, 3.8) is 0 Å². The van der Waals surface area contributed by atoms with Gasteiger partial charge in [0.15, 0.2) is 5.16 Å². The van der Waals surface area contributed by atoms with Crippen molar-refractivity contribution < 1.29 is 9.90 Å². The molecule has 0 aliphatic heterocycles. The molecule has 0 aliphatic carbocycles. The van der Waals surface area contributed by atoms with Crippen molar-refractivity contribution >= 4 is 28.8 Å². The minimum atomic E-state index is -0.819. The molecule has 1 aromatic carbocycles. The van der Waals surface area contributed by atoms with Gasteiger partial charge in [-0.3, -0.25) is 4.79 Å². The quantitative estimate of drug-likeness (QED) is 0.796. The van der Waals surface area contributed by atoms with Gasteiger partial charge in [-0.2, -0.15) is 0 Å². The first kappa shape index (κ1) is 15.9. The predicted octanol–water partition coefficient (Wildman–Crippen LogP) is 2.47. The molecule has 0 radical (unpaired) electrons. The van der Waals surface area contributed by atoms with Crippen molar-refractivity contribution in [1.82, 2.24) is 14.5 Å². The largest absolute Gasteiger partial charge is 0.481 e. The monoisotopic (exact) mass is 307 g/mol. The van der Waals surface area contributed by atoms with E-state index in [4.69, 9.17) is 5.11 Å². The van der Waals surface area contributed by atoms with Crippen LogP contribution in [0.1, 0.15) is 12.5 Å². The van der Waals surface area contributed by atoms with E-state index in [-0.39, 0.29) is 5.75 Å². The van der Waals surface area contributed by atoms with Crippen LogP contribution in [-0.4, -0.2) is 51.4 Å². The summed E-state index contributed by atoms with van der Waals surface area (Å²) in [7, 11) is 2.08. The number of rotatable bonds is 7. The van der Waals surface area contributed by atoms with Gasteiger partial charge in [0.2, 0.25) is 0 Å². The highest BCUT2D eigenvalue weighted by Gasteiger charge is 2.13. The van der Waals surface area contributed by atoms with Crippen molar-refractivity contribution in [3.05, 3.63) is 23.8 Å². The number of aliphatic carboxylic acids is 1. The van der Waals surface area contributed by atoms with E-state index < -0.39 is 5.97 Å². The summed E-state index contributed by atoms with van der Waals surface area (Å²) in [6, 6.07) is 6.14. The summed E-state index contributed by atoms with van der Waals surface area (Å²) in [6.45, 7) is 6.89. The Balaban J connectivity index is 2.33. The first-order valence-electron chi connectivity index (χ1n) is 7.01. The molecule has 1 aromatic heterocycles. The van der Waals surface area contributed by atoms with E-state index in [1.807, 2.05) is 12.1 Å². The third-order valence-corrected chi connectivity index (χ3v) is 4.40. The number of carboxylic acids is 1. The average Bonchev–Trinajstić information content (AvgIpc) is 2.79. The maximum absolute atomic E-state index is 10.8. The molecule has 1 heterocycles. The number of nitrogens with zero attached hydrogens (tertiary/aromatic N) is 3. The minimum absolute atomic E-state index is 0.0337. The summed E-state index contributed by atoms with van der Waals surface area (Å²) in [5.74, 6) is -0.785. The second kappa shape index (κ2) is 6.95. The van der Waals surface area contributed by atoms with Crippen molar-refractivity contribution in [2.75, 3.05) is 25.9 Å². The fraction of sp³-hybridized carbons (Fsp3) is 0.467. The number of carbonyl (C=O) groups is 1. The van der Waals surface area contributed by atoms with Gasteiger partial charge in [0, 0.05) is 13.1 Å². The summed E-state index contributed by atoms with van der Waals surface area (Å²) in [5, 5.41) is 9.65. The lowest BCUT2D eigenvalue weighted by molar-refractivity contribution is -0.133. The lowest BCUT2D eigenvalue weighted by Gasteiger charge is -2.15. The molecule has 0 saturated heterocycles. The topological polar surface area (TPSA) is 58.4 Å². The zero-order chi connectivity index (χ0) is 15.4. The molecule has 6 heteroatoms. The second-order valence-corrected chi connectivity index (χ2v) is 6.06. The number of hydrogen-bond donors (Lipinski definition) is 1. The van der Waals surface area contributed by atoms with E-state index in [1.165, 1.54) is 17.3 Å². The van der Waals surface area contributed by atoms with Crippen molar-refractivity contribution in [2.24, 2.45) is 0 Å². The van der Waals surface area contributed by atoms with Crippen LogP contribution in [0, 0.1) is 6.92 Å². The van der Waals surface area contributed by atoms with Gasteiger partial charge < -0.3 is 14.6 Å². The van der Waals surface area contributed by atoms with Gasteiger partial charge in [-0.1, -0.05) is 24.8 Å². The third-order valence-electron chi connectivity index (χ3n) is 3.44. The molecule has 21 heavy (non-hydrogen) atoms. The van der Waals surface area contributed by atoms with E-state index in [9.17, 15) is 4.79 Å². The van der Waals surface area contributed by atoms with Crippen molar-refractivity contribution in [1.29, 1.82) is 0 Å². The number of benzene rings is 1. The molecule has 114 valence electrons. The zero-order valence-electron chi connectivity index (χ0n) is 12.7. The van der Waals surface area contributed by atoms with Gasteiger partial charge >= 0.3 is 5.97 Å².